The molecule has 1 heterocycles. The van der Waals surface area contributed by atoms with E-state index in [0.717, 1.165) is 5.56 Å². The minimum Gasteiger partial charge on any atom is -0.394 e. The average Bonchev–Trinajstić information content (AvgIpc) is 2.76. The van der Waals surface area contributed by atoms with E-state index in [1.807, 2.05) is 6.07 Å². The molecule has 1 aromatic carbocycles. The summed E-state index contributed by atoms with van der Waals surface area (Å²) >= 11 is 0. The van der Waals surface area contributed by atoms with Crippen molar-refractivity contribution in [3.63, 3.8) is 0 Å². The van der Waals surface area contributed by atoms with Gasteiger partial charge < -0.3 is 25.2 Å². The van der Waals surface area contributed by atoms with E-state index in [1.165, 1.54) is 0 Å². The van der Waals surface area contributed by atoms with Crippen molar-refractivity contribution in [3.05, 3.63) is 35.9 Å². The minimum absolute atomic E-state index is 0.115. The molecule has 0 aromatic heterocycles. The fourth-order valence-electron chi connectivity index (χ4n) is 4.15. The van der Waals surface area contributed by atoms with Gasteiger partial charge in [0.15, 0.2) is 5.78 Å². The number of hydrogen-bond donors (Lipinski definition) is 6. The Balaban J connectivity index is 2.58. The number of ether oxygens (including phenoxy) is 1. The van der Waals surface area contributed by atoms with Crippen LogP contribution in [0.25, 0.3) is 0 Å². The lowest BCUT2D eigenvalue weighted by Crippen LogP contribution is -2.82. The zero-order valence-electron chi connectivity index (χ0n) is 20.6. The second-order valence-electron chi connectivity index (χ2n) is 10.6. The van der Waals surface area contributed by atoms with E-state index >= 15 is 0 Å². The third-order valence-electron chi connectivity index (χ3n) is 7.52. The smallest absolute Gasteiger partial charge is 0.301 e. The van der Waals surface area contributed by atoms with E-state index in [-0.39, 0.29) is 6.42 Å². The van der Waals surface area contributed by atoms with Crippen molar-refractivity contribution in [3.8, 4) is 0 Å². The van der Waals surface area contributed by atoms with Crippen molar-refractivity contribution < 1.29 is 47.8 Å². The maximum Gasteiger partial charge on any atom is 0.301 e. The molecule has 6 atom stereocenters. The first-order valence-electron chi connectivity index (χ1n) is 11.2. The van der Waals surface area contributed by atoms with Crippen molar-refractivity contribution in [2.24, 2.45) is 5.90 Å². The van der Waals surface area contributed by atoms with Gasteiger partial charge in [0.25, 0.3) is 4.93 Å². The molecule has 2 rings (SSSR count). The molecule has 1 unspecified atom stereocenters. The summed E-state index contributed by atoms with van der Waals surface area (Å²) in [5.41, 5.74) is -4.43. The minimum atomic E-state index is -5.75. The van der Waals surface area contributed by atoms with Crippen molar-refractivity contribution >= 4 is 24.0 Å². The van der Waals surface area contributed by atoms with Gasteiger partial charge in [-0.25, -0.2) is 5.90 Å². The Morgan fingerprint density at radius 2 is 1.77 bits per heavy atom. The van der Waals surface area contributed by atoms with Gasteiger partial charge >= 0.3 is 10.1 Å². The lowest BCUT2D eigenvalue weighted by Gasteiger charge is -2.55. The van der Waals surface area contributed by atoms with Gasteiger partial charge in [-0.1, -0.05) is 64.2 Å². The lowest BCUT2D eigenvalue weighted by molar-refractivity contribution is -0.340. The highest BCUT2D eigenvalue weighted by molar-refractivity contribution is 7.87. The molecule has 13 heteroatoms. The first kappa shape index (κ1) is 30.0. The zero-order valence-corrected chi connectivity index (χ0v) is 22.4. The third-order valence-corrected chi connectivity index (χ3v) is 14.5. The van der Waals surface area contributed by atoms with Crippen LogP contribution in [0.15, 0.2) is 30.3 Å². The van der Waals surface area contributed by atoms with Crippen LogP contribution >= 0.6 is 0 Å². The molecule has 1 saturated heterocycles. The maximum atomic E-state index is 13.3. The number of rotatable bonds is 9. The summed E-state index contributed by atoms with van der Waals surface area (Å²) in [6.45, 7) is 8.70. The van der Waals surface area contributed by atoms with Crippen LogP contribution < -0.4 is 5.90 Å². The van der Waals surface area contributed by atoms with Crippen LogP contribution in [0.3, 0.4) is 0 Å². The van der Waals surface area contributed by atoms with Crippen molar-refractivity contribution in [1.29, 1.82) is 0 Å². The number of aliphatic hydroxyl groups excluding tert-OH is 2. The summed E-state index contributed by atoms with van der Waals surface area (Å²) in [5, 5.41) is 44.3. The topological polar surface area (TPSA) is 197 Å². The number of hydrogen-bond acceptors (Lipinski definition) is 10. The highest BCUT2D eigenvalue weighted by atomic mass is 32.2. The molecule has 0 bridgehead atoms. The number of Topliss-reactive ketones (excluding diaryl/α,β-unsaturated/α-hetero) is 1. The molecular weight excluding hydrogens is 498 g/mol. The molecule has 11 nitrogen and oxygen atoms in total. The number of carbonyl (C=O) groups is 1. The summed E-state index contributed by atoms with van der Waals surface area (Å²) < 4.78 is 40.6. The van der Waals surface area contributed by atoms with E-state index < -0.39 is 70.2 Å². The summed E-state index contributed by atoms with van der Waals surface area (Å²) in [7, 11) is -8.75. The normalized spacial score (nSPS) is 31.2. The Morgan fingerprint density at radius 3 is 2.23 bits per heavy atom. The molecule has 1 aliphatic rings. The summed E-state index contributed by atoms with van der Waals surface area (Å²) in [6, 6.07) is 9.00. The Kier molecular flexibility index (Phi) is 8.77. The van der Waals surface area contributed by atoms with Gasteiger partial charge in [0.2, 0.25) is 11.9 Å². The molecular formula is C22H37NO10SSi. The third kappa shape index (κ3) is 5.12. The predicted octanol–water partition coefficient (Wildman–Crippen LogP) is 0.271. The number of benzene rings is 1. The number of aliphatic hydroxyl groups is 4. The Labute approximate surface area is 206 Å². The van der Waals surface area contributed by atoms with Crippen molar-refractivity contribution in [2.75, 3.05) is 0 Å². The van der Waals surface area contributed by atoms with Gasteiger partial charge in [-0.3, -0.25) is 14.2 Å². The van der Waals surface area contributed by atoms with E-state index in [2.05, 4.69) is 4.84 Å². The number of nitrogens with two attached hydrogens (primary N) is 1. The van der Waals surface area contributed by atoms with Crippen LogP contribution in [0.4, 0.5) is 0 Å². The molecule has 0 spiro atoms. The fourth-order valence-corrected chi connectivity index (χ4v) is 7.34. The highest BCUT2D eigenvalue weighted by Crippen LogP contribution is 2.48. The number of aryl methyl sites for hydroxylation is 1. The first-order chi connectivity index (χ1) is 15.9. The molecule has 1 fully saturated rings. The molecule has 7 N–H and O–H groups in total. The average molecular weight is 536 g/mol. The number of ketones is 1. The van der Waals surface area contributed by atoms with Gasteiger partial charge in [0.1, 0.15) is 12.2 Å². The Bertz CT molecular complexity index is 999. The number of carbonyl (C=O) groups excluding carboxylic acids is 1. The largest absolute Gasteiger partial charge is 0.394 e. The van der Waals surface area contributed by atoms with Gasteiger partial charge in [-0.05, 0) is 23.4 Å². The first-order valence-corrected chi connectivity index (χ1v) is 15.7. The SMILES string of the molecule is CC(C)(C)[Si](C)(C)C(O)[C@H]1O[C@H](ON)[C@H](O)[C@](O)(C(=O)CCCc2ccccc2)[C@@]1(O)S(=O)(=O)O. The molecule has 0 amide bonds. The van der Waals surface area contributed by atoms with Crippen LogP contribution in [-0.2, 0) is 30.9 Å². The van der Waals surface area contributed by atoms with Gasteiger partial charge in [0, 0.05) is 6.42 Å². The molecule has 35 heavy (non-hydrogen) atoms. The van der Waals surface area contributed by atoms with Gasteiger partial charge in [0.05, 0.1) is 13.8 Å². The van der Waals surface area contributed by atoms with Crippen molar-refractivity contribution in [2.45, 2.75) is 92.9 Å². The Morgan fingerprint density at radius 1 is 1.23 bits per heavy atom. The van der Waals surface area contributed by atoms with Crippen LogP contribution in [0.5, 0.6) is 0 Å². The van der Waals surface area contributed by atoms with Crippen LogP contribution in [-0.4, -0.2) is 82.0 Å². The molecule has 1 aliphatic heterocycles. The fraction of sp³-hybridized carbons (Fsp3) is 0.682. The predicted molar refractivity (Wildman–Crippen MR) is 129 cm³/mol. The molecule has 0 saturated carbocycles. The standard InChI is InChI=1S/C22H37NO10SSi/c1-20(2,3)35(4,5)18(26)17-22(28,34(29,30)31)21(27,16(25)19(32-17)33-23)15(24)13-9-12-14-10-7-6-8-11-14/h6-8,10-11,16-19,25-28H,9,12-13,23H2,1-5H3,(H,29,30,31)/t16-,17+,18?,19+,21+,22-/m0/s1. The van der Waals surface area contributed by atoms with Gasteiger partial charge in [-0.15, -0.1) is 0 Å². The summed E-state index contributed by atoms with van der Waals surface area (Å²) in [4.78, 5) is 14.0. The quantitative estimate of drug-likeness (QED) is 0.144. The summed E-state index contributed by atoms with van der Waals surface area (Å²) in [6.07, 6.45) is -6.79. The zero-order chi connectivity index (χ0) is 27.0. The van der Waals surface area contributed by atoms with Crippen molar-refractivity contribution in [1.82, 2.24) is 0 Å². The molecule has 0 radical (unpaired) electrons. The van der Waals surface area contributed by atoms with E-state index in [1.54, 1.807) is 58.1 Å². The second-order valence-corrected chi connectivity index (χ2v) is 17.7. The monoisotopic (exact) mass is 535 g/mol. The molecule has 200 valence electrons. The van der Waals surface area contributed by atoms with E-state index in [0.29, 0.717) is 6.42 Å². The molecule has 0 aliphatic carbocycles. The van der Waals surface area contributed by atoms with E-state index in [9.17, 15) is 38.2 Å². The highest BCUT2D eigenvalue weighted by Gasteiger charge is 2.76. The lowest BCUT2D eigenvalue weighted by atomic mass is 9.78. The Hall–Kier alpha value is -1.26. The molecule has 1 aromatic rings. The van der Waals surface area contributed by atoms with Crippen LogP contribution in [0.2, 0.25) is 18.1 Å². The van der Waals surface area contributed by atoms with Crippen LogP contribution in [0.1, 0.15) is 39.2 Å². The van der Waals surface area contributed by atoms with Gasteiger partial charge in [-0.2, -0.15) is 8.42 Å². The maximum absolute atomic E-state index is 13.3. The van der Waals surface area contributed by atoms with E-state index in [4.69, 9.17) is 10.6 Å². The summed E-state index contributed by atoms with van der Waals surface area (Å²) in [5.74, 6) is 3.88. The second kappa shape index (κ2) is 10.2. The van der Waals surface area contributed by atoms with Crippen LogP contribution in [0, 0.1) is 0 Å².